The maximum absolute atomic E-state index is 12.6. The summed E-state index contributed by atoms with van der Waals surface area (Å²) in [5, 5.41) is 13.3. The van der Waals surface area contributed by atoms with Crippen LogP contribution < -0.4 is 10.9 Å². The van der Waals surface area contributed by atoms with Crippen molar-refractivity contribution in [3.63, 3.8) is 0 Å². The predicted octanol–water partition coefficient (Wildman–Crippen LogP) is 4.16. The Bertz CT molecular complexity index is 1230. The lowest BCUT2D eigenvalue weighted by atomic mass is 10.1. The first-order chi connectivity index (χ1) is 13.5. The van der Waals surface area contributed by atoms with Crippen molar-refractivity contribution in [1.82, 2.24) is 4.57 Å². The minimum Gasteiger partial charge on any atom is -0.506 e. The third-order valence-corrected chi connectivity index (χ3v) is 4.67. The van der Waals surface area contributed by atoms with Crippen molar-refractivity contribution in [3.8, 4) is 11.4 Å². The van der Waals surface area contributed by atoms with E-state index in [0.29, 0.717) is 11.1 Å². The number of carbonyl (C=O) groups is 1. The Labute approximate surface area is 160 Å². The number of nitrogens with zero attached hydrogens (tertiary/aromatic N) is 1. The van der Waals surface area contributed by atoms with Crippen molar-refractivity contribution in [2.24, 2.45) is 0 Å². The Hall–Kier alpha value is -3.80. The smallest absolute Gasteiger partial charge is 0.353 e. The van der Waals surface area contributed by atoms with Gasteiger partial charge >= 0.3 is 5.63 Å². The lowest BCUT2D eigenvalue weighted by molar-refractivity contribution is 0.102. The first kappa shape index (κ1) is 17.6. The van der Waals surface area contributed by atoms with Gasteiger partial charge in [-0.25, -0.2) is 4.79 Å². The van der Waals surface area contributed by atoms with Crippen LogP contribution in [0.4, 0.5) is 5.69 Å². The summed E-state index contributed by atoms with van der Waals surface area (Å²) in [7, 11) is 0. The van der Waals surface area contributed by atoms with E-state index < -0.39 is 17.1 Å². The molecule has 2 N–H and O–H groups in total. The summed E-state index contributed by atoms with van der Waals surface area (Å²) >= 11 is 0. The number of anilines is 1. The molecule has 140 valence electrons. The average molecular weight is 374 g/mol. The highest BCUT2D eigenvalue weighted by Gasteiger charge is 2.21. The lowest BCUT2D eigenvalue weighted by Gasteiger charge is -2.11. The van der Waals surface area contributed by atoms with Crippen LogP contribution in [0.5, 0.6) is 5.75 Å². The molecule has 0 saturated carbocycles. The fourth-order valence-electron chi connectivity index (χ4n) is 3.30. The van der Waals surface area contributed by atoms with Gasteiger partial charge in [-0.3, -0.25) is 4.79 Å². The van der Waals surface area contributed by atoms with Gasteiger partial charge in [0.1, 0.15) is 11.3 Å². The number of aromatic hydroxyl groups is 1. The number of benzene rings is 2. The van der Waals surface area contributed by atoms with Crippen LogP contribution in [-0.4, -0.2) is 15.6 Å². The van der Waals surface area contributed by atoms with Gasteiger partial charge in [-0.15, -0.1) is 0 Å². The highest BCUT2D eigenvalue weighted by molar-refractivity contribution is 6.08. The summed E-state index contributed by atoms with van der Waals surface area (Å²) in [6.45, 7) is 4.04. The Balaban J connectivity index is 1.64. The fraction of sp³-hybridized carbons (Fsp3) is 0.0909. The quantitative estimate of drug-likeness (QED) is 0.528. The van der Waals surface area contributed by atoms with E-state index in [4.69, 9.17) is 4.42 Å². The third-order valence-electron chi connectivity index (χ3n) is 4.67. The number of rotatable bonds is 3. The van der Waals surface area contributed by atoms with Gasteiger partial charge in [-0.2, -0.15) is 0 Å². The molecule has 0 spiro atoms. The van der Waals surface area contributed by atoms with E-state index in [0.717, 1.165) is 17.1 Å². The second-order valence-corrected chi connectivity index (χ2v) is 6.56. The fourth-order valence-corrected chi connectivity index (χ4v) is 3.30. The zero-order valence-corrected chi connectivity index (χ0v) is 15.4. The molecule has 0 saturated heterocycles. The molecule has 2 heterocycles. The standard InChI is InChI=1S/C22H18N2O4/c1-13-7-8-14(2)24(13)16-11-9-15(10-12-16)23-21(26)19-20(25)17-5-3-4-6-18(17)28-22(19)27/h3-12,25H,1-2H3,(H,23,26). The average Bonchev–Trinajstić information content (AvgIpc) is 3.01. The topological polar surface area (TPSA) is 84.5 Å². The number of aryl methyl sites for hydroxylation is 2. The predicted molar refractivity (Wildman–Crippen MR) is 107 cm³/mol. The molecule has 0 fully saturated rings. The first-order valence-corrected chi connectivity index (χ1v) is 8.77. The molecule has 0 bridgehead atoms. The normalized spacial score (nSPS) is 10.9. The van der Waals surface area contributed by atoms with Gasteiger partial charge in [0.05, 0.1) is 5.39 Å². The Morgan fingerprint density at radius 2 is 1.61 bits per heavy atom. The highest BCUT2D eigenvalue weighted by atomic mass is 16.4. The summed E-state index contributed by atoms with van der Waals surface area (Å²) < 4.78 is 7.24. The van der Waals surface area contributed by atoms with Crippen molar-refractivity contribution in [2.45, 2.75) is 13.8 Å². The maximum atomic E-state index is 12.6. The van der Waals surface area contributed by atoms with Gasteiger partial charge < -0.3 is 19.4 Å². The molecule has 6 heteroatoms. The number of hydrogen-bond donors (Lipinski definition) is 2. The molecule has 1 amide bonds. The summed E-state index contributed by atoms with van der Waals surface area (Å²) in [6.07, 6.45) is 0. The molecule has 6 nitrogen and oxygen atoms in total. The van der Waals surface area contributed by atoms with Gasteiger partial charge in [-0.1, -0.05) is 12.1 Å². The number of para-hydroxylation sites is 1. The Morgan fingerprint density at radius 1 is 0.964 bits per heavy atom. The number of aromatic nitrogens is 1. The van der Waals surface area contributed by atoms with Gasteiger partial charge in [0, 0.05) is 22.8 Å². The zero-order valence-electron chi connectivity index (χ0n) is 15.4. The molecule has 0 aliphatic carbocycles. The minimum atomic E-state index is -0.885. The molecule has 0 aliphatic rings. The van der Waals surface area contributed by atoms with Crippen molar-refractivity contribution < 1.29 is 14.3 Å². The second kappa shape index (κ2) is 6.74. The number of carbonyl (C=O) groups excluding carboxylic acids is 1. The van der Waals surface area contributed by atoms with Gasteiger partial charge in [-0.05, 0) is 62.4 Å². The van der Waals surface area contributed by atoms with Crippen LogP contribution in [0.3, 0.4) is 0 Å². The molecular formula is C22H18N2O4. The van der Waals surface area contributed by atoms with Crippen LogP contribution in [-0.2, 0) is 0 Å². The van der Waals surface area contributed by atoms with E-state index in [-0.39, 0.29) is 11.3 Å². The number of fused-ring (bicyclic) bond motifs is 1. The Morgan fingerprint density at radius 3 is 2.29 bits per heavy atom. The molecule has 4 aromatic rings. The van der Waals surface area contributed by atoms with Crippen LogP contribution in [0.25, 0.3) is 16.7 Å². The molecule has 2 aromatic carbocycles. The van der Waals surface area contributed by atoms with Crippen molar-refractivity contribution in [3.05, 3.63) is 88.0 Å². The molecule has 0 radical (unpaired) electrons. The van der Waals surface area contributed by atoms with Gasteiger partial charge in [0.15, 0.2) is 5.56 Å². The van der Waals surface area contributed by atoms with Gasteiger partial charge in [0.2, 0.25) is 0 Å². The van der Waals surface area contributed by atoms with Crippen molar-refractivity contribution in [2.75, 3.05) is 5.32 Å². The van der Waals surface area contributed by atoms with Crippen LogP contribution in [0.1, 0.15) is 21.7 Å². The van der Waals surface area contributed by atoms with E-state index in [1.165, 1.54) is 0 Å². The lowest BCUT2D eigenvalue weighted by Crippen LogP contribution is -2.21. The largest absolute Gasteiger partial charge is 0.506 e. The van der Waals surface area contributed by atoms with E-state index in [9.17, 15) is 14.7 Å². The molecule has 0 atom stereocenters. The van der Waals surface area contributed by atoms with Crippen molar-refractivity contribution >= 4 is 22.6 Å². The molecule has 28 heavy (non-hydrogen) atoms. The maximum Gasteiger partial charge on any atom is 0.353 e. The van der Waals surface area contributed by atoms with E-state index in [1.54, 1.807) is 36.4 Å². The van der Waals surface area contributed by atoms with Crippen molar-refractivity contribution in [1.29, 1.82) is 0 Å². The minimum absolute atomic E-state index is 0.225. The number of hydrogen-bond acceptors (Lipinski definition) is 4. The molecule has 2 aromatic heterocycles. The molecular weight excluding hydrogens is 356 g/mol. The van der Waals surface area contributed by atoms with Crippen LogP contribution in [0, 0.1) is 13.8 Å². The summed E-state index contributed by atoms with van der Waals surface area (Å²) in [5.74, 6) is -1.11. The molecule has 4 rings (SSSR count). The zero-order chi connectivity index (χ0) is 19.8. The van der Waals surface area contributed by atoms with E-state index in [1.807, 2.05) is 38.1 Å². The van der Waals surface area contributed by atoms with Crippen LogP contribution in [0.2, 0.25) is 0 Å². The van der Waals surface area contributed by atoms with E-state index in [2.05, 4.69) is 9.88 Å². The first-order valence-electron chi connectivity index (χ1n) is 8.77. The SMILES string of the molecule is Cc1ccc(C)n1-c1ccc(NC(=O)c2c(O)c3ccccc3oc2=O)cc1. The molecule has 0 unspecified atom stereocenters. The highest BCUT2D eigenvalue weighted by Crippen LogP contribution is 2.26. The van der Waals surface area contributed by atoms with Crippen LogP contribution >= 0.6 is 0 Å². The van der Waals surface area contributed by atoms with Gasteiger partial charge in [0.25, 0.3) is 5.91 Å². The Kier molecular flexibility index (Phi) is 4.24. The van der Waals surface area contributed by atoms with Crippen LogP contribution in [0.15, 0.2) is 69.9 Å². The second-order valence-electron chi connectivity index (χ2n) is 6.56. The van der Waals surface area contributed by atoms with E-state index >= 15 is 0 Å². The third kappa shape index (κ3) is 2.95. The summed E-state index contributed by atoms with van der Waals surface area (Å²) in [4.78, 5) is 24.8. The number of nitrogens with one attached hydrogen (secondary N) is 1. The number of amides is 1. The summed E-state index contributed by atoms with van der Waals surface area (Å²) in [6, 6.07) is 17.8. The monoisotopic (exact) mass is 374 g/mol. The molecule has 0 aliphatic heterocycles. The summed E-state index contributed by atoms with van der Waals surface area (Å²) in [5.41, 5.74) is 2.60.